The molecule has 3 aromatic heterocycles. The number of thiazole rings is 1. The van der Waals surface area contributed by atoms with Crippen LogP contribution in [0.5, 0.6) is 5.75 Å². The van der Waals surface area contributed by atoms with Gasteiger partial charge in [0.2, 0.25) is 5.91 Å². The van der Waals surface area contributed by atoms with Gasteiger partial charge < -0.3 is 10.1 Å². The fourth-order valence-corrected chi connectivity index (χ4v) is 3.47. The monoisotopic (exact) mass is 406 g/mol. The maximum Gasteiger partial charge on any atom is 0.226 e. The predicted octanol–water partition coefficient (Wildman–Crippen LogP) is 2.86. The van der Waals surface area contributed by atoms with Crippen molar-refractivity contribution in [2.45, 2.75) is 13.0 Å². The van der Waals surface area contributed by atoms with Gasteiger partial charge in [-0.2, -0.15) is 5.10 Å². The van der Waals surface area contributed by atoms with Crippen LogP contribution in [0.25, 0.3) is 22.0 Å². The molecule has 0 saturated carbocycles. The number of aromatic amines is 1. The Morgan fingerprint density at radius 3 is 2.79 bits per heavy atom. The Bertz CT molecular complexity index is 1090. The number of nitrogens with one attached hydrogen (secondary N) is 2. The van der Waals surface area contributed by atoms with E-state index in [0.29, 0.717) is 11.6 Å². The van der Waals surface area contributed by atoms with Crippen molar-refractivity contribution in [2.24, 2.45) is 0 Å². The van der Waals surface area contributed by atoms with E-state index in [4.69, 9.17) is 4.74 Å². The van der Waals surface area contributed by atoms with Crippen molar-refractivity contribution < 1.29 is 9.53 Å². The van der Waals surface area contributed by atoms with Gasteiger partial charge in [-0.1, -0.05) is 0 Å². The van der Waals surface area contributed by atoms with E-state index in [0.717, 1.165) is 27.6 Å². The van der Waals surface area contributed by atoms with Gasteiger partial charge in [-0.3, -0.25) is 14.9 Å². The van der Waals surface area contributed by atoms with Crippen molar-refractivity contribution in [2.75, 3.05) is 7.11 Å². The highest BCUT2D eigenvalue weighted by molar-refractivity contribution is 7.13. The summed E-state index contributed by atoms with van der Waals surface area (Å²) >= 11 is 1.49. The Labute approximate surface area is 171 Å². The van der Waals surface area contributed by atoms with Crippen LogP contribution in [-0.2, 0) is 17.8 Å². The van der Waals surface area contributed by atoms with E-state index in [2.05, 4.69) is 30.5 Å². The molecule has 29 heavy (non-hydrogen) atoms. The molecule has 4 aromatic rings. The van der Waals surface area contributed by atoms with Gasteiger partial charge in [0.25, 0.3) is 0 Å². The van der Waals surface area contributed by atoms with Gasteiger partial charge in [-0.25, -0.2) is 9.97 Å². The standard InChI is InChI=1S/C20H18N6O2S/c1-28-16-6-4-13(5-7-16)19-24-17(25-26-19)11-22-18(27)9-15-12-29-20(23-15)14-3-2-8-21-10-14/h2-8,10,12H,9,11H2,1H3,(H,22,27)(H,24,25,26). The predicted molar refractivity (Wildman–Crippen MR) is 109 cm³/mol. The SMILES string of the molecule is COc1ccc(-c2n[nH]c(CNC(=O)Cc3csc(-c4cccnc4)n3)n2)cc1. The van der Waals surface area contributed by atoms with E-state index in [1.54, 1.807) is 19.5 Å². The zero-order chi connectivity index (χ0) is 20.1. The second kappa shape index (κ2) is 8.61. The number of rotatable bonds is 7. The van der Waals surface area contributed by atoms with Crippen LogP contribution in [0.2, 0.25) is 0 Å². The first-order valence-corrected chi connectivity index (χ1v) is 9.76. The quantitative estimate of drug-likeness (QED) is 0.489. The third kappa shape index (κ3) is 4.64. The van der Waals surface area contributed by atoms with E-state index in [1.165, 1.54) is 11.3 Å². The normalized spacial score (nSPS) is 10.7. The number of amides is 1. The Morgan fingerprint density at radius 1 is 1.17 bits per heavy atom. The minimum absolute atomic E-state index is 0.129. The van der Waals surface area contributed by atoms with E-state index >= 15 is 0 Å². The molecule has 9 heteroatoms. The summed E-state index contributed by atoms with van der Waals surface area (Å²) < 4.78 is 5.15. The Balaban J connectivity index is 1.32. The summed E-state index contributed by atoms with van der Waals surface area (Å²) in [5.41, 5.74) is 2.53. The van der Waals surface area contributed by atoms with Crippen LogP contribution < -0.4 is 10.1 Å². The maximum atomic E-state index is 12.2. The summed E-state index contributed by atoms with van der Waals surface area (Å²) in [4.78, 5) is 25.3. The van der Waals surface area contributed by atoms with E-state index in [9.17, 15) is 4.79 Å². The van der Waals surface area contributed by atoms with Crippen LogP contribution in [0.1, 0.15) is 11.5 Å². The molecule has 0 saturated heterocycles. The highest BCUT2D eigenvalue weighted by Crippen LogP contribution is 2.23. The molecule has 4 rings (SSSR count). The Hall–Kier alpha value is -3.59. The first-order valence-electron chi connectivity index (χ1n) is 8.88. The van der Waals surface area contributed by atoms with Crippen molar-refractivity contribution in [3.05, 3.63) is 65.7 Å². The van der Waals surface area contributed by atoms with Crippen molar-refractivity contribution in [3.8, 4) is 27.7 Å². The Morgan fingerprint density at radius 2 is 2.03 bits per heavy atom. The number of carbonyl (C=O) groups excluding carboxylic acids is 1. The van der Waals surface area contributed by atoms with E-state index in [-0.39, 0.29) is 18.9 Å². The highest BCUT2D eigenvalue weighted by Gasteiger charge is 2.11. The summed E-state index contributed by atoms with van der Waals surface area (Å²) in [6.07, 6.45) is 3.68. The van der Waals surface area contributed by atoms with Crippen LogP contribution in [0.4, 0.5) is 0 Å². The first-order chi connectivity index (χ1) is 14.2. The van der Waals surface area contributed by atoms with Crippen molar-refractivity contribution in [1.29, 1.82) is 0 Å². The molecule has 0 aliphatic rings. The molecule has 8 nitrogen and oxygen atoms in total. The number of hydrogen-bond acceptors (Lipinski definition) is 7. The summed E-state index contributed by atoms with van der Waals surface area (Å²) in [6, 6.07) is 11.3. The molecule has 1 amide bonds. The zero-order valence-electron chi connectivity index (χ0n) is 15.6. The summed E-state index contributed by atoms with van der Waals surface area (Å²) in [5, 5.41) is 12.6. The lowest BCUT2D eigenvalue weighted by Crippen LogP contribution is -2.25. The second-order valence-corrected chi connectivity index (χ2v) is 7.03. The fraction of sp³-hybridized carbons (Fsp3) is 0.150. The van der Waals surface area contributed by atoms with Gasteiger partial charge in [0.1, 0.15) is 16.6 Å². The third-order valence-corrected chi connectivity index (χ3v) is 5.08. The molecule has 0 unspecified atom stereocenters. The lowest BCUT2D eigenvalue weighted by Gasteiger charge is -2.01. The average molecular weight is 406 g/mol. The zero-order valence-corrected chi connectivity index (χ0v) is 16.4. The van der Waals surface area contributed by atoms with Crippen LogP contribution in [0.3, 0.4) is 0 Å². The van der Waals surface area contributed by atoms with Crippen LogP contribution >= 0.6 is 11.3 Å². The fourth-order valence-electron chi connectivity index (χ4n) is 2.66. The molecule has 3 heterocycles. The molecule has 0 atom stereocenters. The number of carbonyl (C=O) groups is 1. The van der Waals surface area contributed by atoms with E-state index < -0.39 is 0 Å². The van der Waals surface area contributed by atoms with Crippen LogP contribution in [0, 0.1) is 0 Å². The van der Waals surface area contributed by atoms with Gasteiger partial charge in [-0.15, -0.1) is 11.3 Å². The van der Waals surface area contributed by atoms with Gasteiger partial charge in [0.15, 0.2) is 5.82 Å². The number of hydrogen-bond donors (Lipinski definition) is 2. The molecule has 0 bridgehead atoms. The number of methoxy groups -OCH3 is 1. The average Bonchev–Trinajstić information content (AvgIpc) is 3.43. The maximum absolute atomic E-state index is 12.2. The second-order valence-electron chi connectivity index (χ2n) is 6.17. The Kier molecular flexibility index (Phi) is 5.57. The summed E-state index contributed by atoms with van der Waals surface area (Å²) in [7, 11) is 1.62. The number of H-pyrrole nitrogens is 1. The minimum atomic E-state index is -0.129. The lowest BCUT2D eigenvalue weighted by molar-refractivity contribution is -0.120. The molecule has 0 fully saturated rings. The number of benzene rings is 1. The number of nitrogens with zero attached hydrogens (tertiary/aromatic N) is 4. The van der Waals surface area contributed by atoms with Crippen LogP contribution in [0.15, 0.2) is 54.2 Å². The minimum Gasteiger partial charge on any atom is -0.497 e. The highest BCUT2D eigenvalue weighted by atomic mass is 32.1. The molecule has 2 N–H and O–H groups in total. The topological polar surface area (TPSA) is 106 Å². The molecule has 146 valence electrons. The lowest BCUT2D eigenvalue weighted by atomic mass is 10.2. The molecule has 0 aliphatic heterocycles. The molecular weight excluding hydrogens is 388 g/mol. The first kappa shape index (κ1) is 18.8. The molecule has 0 spiro atoms. The van der Waals surface area contributed by atoms with E-state index in [1.807, 2.05) is 41.8 Å². The third-order valence-electron chi connectivity index (χ3n) is 4.13. The largest absolute Gasteiger partial charge is 0.497 e. The van der Waals surface area contributed by atoms with Gasteiger partial charge >= 0.3 is 0 Å². The van der Waals surface area contributed by atoms with Gasteiger partial charge in [0, 0.05) is 28.9 Å². The number of aromatic nitrogens is 5. The smallest absolute Gasteiger partial charge is 0.226 e. The number of pyridine rings is 1. The van der Waals surface area contributed by atoms with Crippen molar-refractivity contribution in [3.63, 3.8) is 0 Å². The van der Waals surface area contributed by atoms with Gasteiger partial charge in [0.05, 0.1) is 25.8 Å². The molecular formula is C20H18N6O2S. The van der Waals surface area contributed by atoms with Crippen LogP contribution in [-0.4, -0.2) is 38.2 Å². The summed E-state index contributed by atoms with van der Waals surface area (Å²) in [5.74, 6) is 1.79. The van der Waals surface area contributed by atoms with Crippen molar-refractivity contribution >= 4 is 17.2 Å². The molecule has 1 aromatic carbocycles. The van der Waals surface area contributed by atoms with Gasteiger partial charge in [-0.05, 0) is 36.4 Å². The summed E-state index contributed by atoms with van der Waals surface area (Å²) in [6.45, 7) is 0.265. The van der Waals surface area contributed by atoms with Crippen molar-refractivity contribution in [1.82, 2.24) is 30.5 Å². The molecule has 0 radical (unpaired) electrons. The number of ether oxygens (including phenoxy) is 1. The molecule has 0 aliphatic carbocycles.